The summed E-state index contributed by atoms with van der Waals surface area (Å²) < 4.78 is 0. The van der Waals surface area contributed by atoms with Crippen LogP contribution >= 0.6 is 11.6 Å². The largest absolute Gasteiger partial charge is 0.339 e. The Balaban J connectivity index is 1.90. The highest BCUT2D eigenvalue weighted by Gasteiger charge is 2.42. The molecule has 0 saturated heterocycles. The van der Waals surface area contributed by atoms with Gasteiger partial charge >= 0.3 is 0 Å². The highest BCUT2D eigenvalue weighted by atomic mass is 35.5. The molecule has 4 rings (SSSR count). The van der Waals surface area contributed by atoms with E-state index in [9.17, 15) is 19.7 Å². The van der Waals surface area contributed by atoms with E-state index in [4.69, 9.17) is 11.6 Å². The smallest absolute Gasteiger partial charge is 0.282 e. The second-order valence-corrected chi connectivity index (χ2v) is 7.74. The zero-order chi connectivity index (χ0) is 23.0. The molecule has 1 aliphatic heterocycles. The lowest BCUT2D eigenvalue weighted by Gasteiger charge is -2.22. The number of carbonyl (C=O) groups excluding carboxylic acids is 2. The number of amides is 2. The molecule has 0 spiro atoms. The molecule has 2 amide bonds. The van der Waals surface area contributed by atoms with Crippen LogP contribution in [0.1, 0.15) is 11.1 Å². The minimum atomic E-state index is -0.521. The summed E-state index contributed by atoms with van der Waals surface area (Å²) in [5.74, 6) is -1.02. The van der Waals surface area contributed by atoms with Gasteiger partial charge in [-0.2, -0.15) is 0 Å². The molecule has 1 aliphatic rings. The molecule has 0 radical (unpaired) electrons. The lowest BCUT2D eigenvalue weighted by molar-refractivity contribution is -0.384. The van der Waals surface area contributed by atoms with E-state index in [0.717, 1.165) is 4.90 Å². The van der Waals surface area contributed by atoms with E-state index in [0.29, 0.717) is 27.5 Å². The van der Waals surface area contributed by atoms with E-state index in [2.05, 4.69) is 0 Å². The number of halogens is 1. The van der Waals surface area contributed by atoms with Crippen LogP contribution in [-0.2, 0) is 9.59 Å². The van der Waals surface area contributed by atoms with Crippen molar-refractivity contribution >= 4 is 46.1 Å². The zero-order valence-corrected chi connectivity index (χ0v) is 18.0. The SMILES string of the molecule is Cc1ccc(Cl)cc1N1C(=O)C(c2ccc([N+](=O)[O-])cc2)=C(N(C)c2ccccc2)C1=O. The number of aryl methyl sites for hydroxylation is 1. The highest BCUT2D eigenvalue weighted by Crippen LogP contribution is 2.38. The van der Waals surface area contributed by atoms with Gasteiger partial charge in [0, 0.05) is 29.9 Å². The third kappa shape index (κ3) is 3.63. The Morgan fingerprint density at radius 3 is 2.22 bits per heavy atom. The predicted octanol–water partition coefficient (Wildman–Crippen LogP) is 4.98. The molecule has 0 N–H and O–H groups in total. The fourth-order valence-corrected chi connectivity index (χ4v) is 3.83. The molecule has 0 aliphatic carbocycles. The molecular weight excluding hydrogens is 430 g/mol. The molecule has 0 atom stereocenters. The van der Waals surface area contributed by atoms with Gasteiger partial charge in [0.2, 0.25) is 0 Å². The van der Waals surface area contributed by atoms with Crippen LogP contribution in [-0.4, -0.2) is 23.8 Å². The Morgan fingerprint density at radius 2 is 1.59 bits per heavy atom. The third-order valence-corrected chi connectivity index (χ3v) is 5.55. The molecule has 8 heteroatoms. The second kappa shape index (κ2) is 8.28. The molecule has 7 nitrogen and oxygen atoms in total. The van der Waals surface area contributed by atoms with Crippen LogP contribution in [0.4, 0.5) is 17.1 Å². The molecule has 0 unspecified atom stereocenters. The van der Waals surface area contributed by atoms with Crippen molar-refractivity contribution in [2.45, 2.75) is 6.92 Å². The topological polar surface area (TPSA) is 83.8 Å². The number of nitro groups is 1. The summed E-state index contributed by atoms with van der Waals surface area (Å²) in [6, 6.07) is 19.7. The third-order valence-electron chi connectivity index (χ3n) is 5.32. The molecule has 0 bridgehead atoms. The van der Waals surface area contributed by atoms with Crippen LogP contribution < -0.4 is 9.80 Å². The first-order chi connectivity index (χ1) is 15.3. The van der Waals surface area contributed by atoms with E-state index in [1.165, 1.54) is 24.3 Å². The predicted molar refractivity (Wildman–Crippen MR) is 124 cm³/mol. The first-order valence-corrected chi connectivity index (χ1v) is 10.1. The maximum Gasteiger partial charge on any atom is 0.282 e. The van der Waals surface area contributed by atoms with Crippen LogP contribution in [0, 0.1) is 17.0 Å². The van der Waals surface area contributed by atoms with Gasteiger partial charge in [0.15, 0.2) is 0 Å². The van der Waals surface area contributed by atoms with Gasteiger partial charge in [0.05, 0.1) is 16.2 Å². The van der Waals surface area contributed by atoms with Gasteiger partial charge in [-0.1, -0.05) is 35.9 Å². The summed E-state index contributed by atoms with van der Waals surface area (Å²) >= 11 is 6.15. The summed E-state index contributed by atoms with van der Waals surface area (Å²) in [5.41, 5.74) is 2.46. The Labute approximate surface area is 189 Å². The second-order valence-electron chi connectivity index (χ2n) is 7.30. The Bertz CT molecular complexity index is 1270. The van der Waals surface area contributed by atoms with Crippen molar-refractivity contribution in [3.8, 4) is 0 Å². The number of anilines is 2. The van der Waals surface area contributed by atoms with E-state index in [-0.39, 0.29) is 17.0 Å². The number of imide groups is 1. The quantitative estimate of drug-likeness (QED) is 0.313. The number of hydrogen-bond donors (Lipinski definition) is 0. The first kappa shape index (κ1) is 21.3. The Hall–Kier alpha value is -3.97. The van der Waals surface area contributed by atoms with Crippen LogP contribution in [0.3, 0.4) is 0 Å². The van der Waals surface area contributed by atoms with Crippen molar-refractivity contribution in [3.63, 3.8) is 0 Å². The van der Waals surface area contributed by atoms with E-state index < -0.39 is 16.7 Å². The van der Waals surface area contributed by atoms with Gasteiger partial charge in [-0.3, -0.25) is 19.7 Å². The van der Waals surface area contributed by atoms with Crippen molar-refractivity contribution in [2.24, 2.45) is 0 Å². The van der Waals surface area contributed by atoms with Crippen LogP contribution in [0.15, 0.2) is 78.5 Å². The van der Waals surface area contributed by atoms with E-state index >= 15 is 0 Å². The maximum atomic E-state index is 13.6. The number of likely N-dealkylation sites (N-methyl/N-ethyl adjacent to an activating group) is 1. The number of nitro benzene ring substituents is 1. The van der Waals surface area contributed by atoms with Crippen LogP contribution in [0.5, 0.6) is 0 Å². The minimum absolute atomic E-state index is 0.105. The number of non-ortho nitro benzene ring substituents is 1. The molecule has 32 heavy (non-hydrogen) atoms. The van der Waals surface area contributed by atoms with Gasteiger partial charge in [-0.15, -0.1) is 0 Å². The maximum absolute atomic E-state index is 13.6. The lowest BCUT2D eigenvalue weighted by Crippen LogP contribution is -2.34. The summed E-state index contributed by atoms with van der Waals surface area (Å²) in [6.45, 7) is 1.79. The highest BCUT2D eigenvalue weighted by molar-refractivity contribution is 6.46. The standard InChI is InChI=1S/C24H18ClN3O4/c1-15-8-11-17(25)14-20(15)27-23(29)21(16-9-12-19(13-10-16)28(31)32)22(24(27)30)26(2)18-6-4-3-5-7-18/h3-14H,1-2H3. The molecule has 0 saturated carbocycles. The molecule has 3 aromatic carbocycles. The van der Waals surface area contributed by atoms with Crippen molar-refractivity contribution in [1.29, 1.82) is 0 Å². The van der Waals surface area contributed by atoms with Crippen LogP contribution in [0.2, 0.25) is 5.02 Å². The molecule has 3 aromatic rings. The summed E-state index contributed by atoms with van der Waals surface area (Å²) in [7, 11) is 1.70. The van der Waals surface area contributed by atoms with Crippen molar-refractivity contribution in [3.05, 3.63) is 105 Å². The number of nitrogens with zero attached hydrogens (tertiary/aromatic N) is 3. The van der Waals surface area contributed by atoms with E-state index in [1.807, 2.05) is 30.3 Å². The number of benzene rings is 3. The molecule has 1 heterocycles. The average Bonchev–Trinajstić information content (AvgIpc) is 3.05. The fraction of sp³-hybridized carbons (Fsp3) is 0.0833. The van der Waals surface area contributed by atoms with Gasteiger partial charge in [-0.25, -0.2) is 4.90 Å². The number of carbonyl (C=O) groups is 2. The van der Waals surface area contributed by atoms with Crippen molar-refractivity contribution in [2.75, 3.05) is 16.8 Å². The Morgan fingerprint density at radius 1 is 0.938 bits per heavy atom. The molecular formula is C24H18ClN3O4. The van der Waals surface area contributed by atoms with Crippen LogP contribution in [0.25, 0.3) is 5.57 Å². The fourth-order valence-electron chi connectivity index (χ4n) is 3.66. The summed E-state index contributed by atoms with van der Waals surface area (Å²) in [4.78, 5) is 40.5. The number of hydrogen-bond acceptors (Lipinski definition) is 5. The molecule has 0 fully saturated rings. The van der Waals surface area contributed by atoms with Gasteiger partial charge in [-0.05, 0) is 54.4 Å². The van der Waals surface area contributed by atoms with Gasteiger partial charge in [0.1, 0.15) is 5.70 Å². The van der Waals surface area contributed by atoms with E-state index in [1.54, 1.807) is 37.1 Å². The van der Waals surface area contributed by atoms with Crippen molar-refractivity contribution in [1.82, 2.24) is 0 Å². The summed E-state index contributed by atoms with van der Waals surface area (Å²) in [6.07, 6.45) is 0. The first-order valence-electron chi connectivity index (χ1n) is 9.72. The number of para-hydroxylation sites is 1. The zero-order valence-electron chi connectivity index (χ0n) is 17.3. The monoisotopic (exact) mass is 447 g/mol. The molecule has 0 aromatic heterocycles. The van der Waals surface area contributed by atoms with Crippen molar-refractivity contribution < 1.29 is 14.5 Å². The van der Waals surface area contributed by atoms with Gasteiger partial charge in [0.25, 0.3) is 17.5 Å². The minimum Gasteiger partial charge on any atom is -0.339 e. The average molecular weight is 448 g/mol. The summed E-state index contributed by atoms with van der Waals surface area (Å²) in [5, 5.41) is 11.5. The van der Waals surface area contributed by atoms with Gasteiger partial charge < -0.3 is 4.90 Å². The normalized spacial score (nSPS) is 13.7. The lowest BCUT2D eigenvalue weighted by atomic mass is 10.0. The Kier molecular flexibility index (Phi) is 5.50. The number of rotatable bonds is 5. The molecule has 160 valence electrons.